The van der Waals surface area contributed by atoms with Crippen molar-refractivity contribution in [3.05, 3.63) is 102 Å². The molecule has 3 aromatic rings. The van der Waals surface area contributed by atoms with Crippen LogP contribution in [-0.2, 0) is 9.53 Å². The van der Waals surface area contributed by atoms with Gasteiger partial charge in [-0.15, -0.1) is 0 Å². The summed E-state index contributed by atoms with van der Waals surface area (Å²) in [4.78, 5) is 15.2. The molecule has 44 heavy (non-hydrogen) atoms. The summed E-state index contributed by atoms with van der Waals surface area (Å²) in [6.45, 7) is 6.00. The topological polar surface area (TPSA) is 44.6 Å². The van der Waals surface area contributed by atoms with Crippen LogP contribution in [0.1, 0.15) is 64.0 Å². The molecule has 5 heteroatoms. The number of carbonyl (C=O) groups is 1. The van der Waals surface area contributed by atoms with Crippen molar-refractivity contribution >= 4 is 39.4 Å². The molecule has 1 fully saturated rings. The van der Waals surface area contributed by atoms with Gasteiger partial charge in [0.2, 0.25) is 0 Å². The highest BCUT2D eigenvalue weighted by Gasteiger charge is 2.34. The Kier molecular flexibility index (Phi) is 9.43. The molecule has 0 radical (unpaired) electrons. The number of rotatable bonds is 8. The zero-order valence-corrected chi connectivity index (χ0v) is 27.5. The first kappa shape index (κ1) is 31.3. The first-order valence-corrected chi connectivity index (χ1v) is 16.0. The monoisotopic (exact) mass is 590 g/mol. The third kappa shape index (κ3) is 6.67. The summed E-state index contributed by atoms with van der Waals surface area (Å²) < 4.78 is 8.29. The Hall–Kier alpha value is -4.12. The quantitative estimate of drug-likeness (QED) is 0.212. The molecule has 0 bridgehead atoms. The summed E-state index contributed by atoms with van der Waals surface area (Å²) >= 11 is 0. The van der Waals surface area contributed by atoms with Crippen LogP contribution in [0.3, 0.4) is 0 Å². The summed E-state index contributed by atoms with van der Waals surface area (Å²) in [6.07, 6.45) is 13.5. The third-order valence-electron chi connectivity index (χ3n) is 9.28. The van der Waals surface area contributed by atoms with Crippen LogP contribution < -0.4 is 10.2 Å². The fourth-order valence-electron chi connectivity index (χ4n) is 6.02. The van der Waals surface area contributed by atoms with Crippen LogP contribution in [0.25, 0.3) is 16.3 Å². The van der Waals surface area contributed by atoms with Crippen molar-refractivity contribution in [2.45, 2.75) is 65.0 Å². The molecule has 1 saturated carbocycles. The second-order valence-electron chi connectivity index (χ2n) is 13.2. The third-order valence-corrected chi connectivity index (χ3v) is 9.28. The molecule has 2 unspecified atom stereocenters. The highest BCUT2D eigenvalue weighted by molar-refractivity contribution is 6.07. The first-order chi connectivity index (χ1) is 21.1. The molecule has 3 aromatic carbocycles. The van der Waals surface area contributed by atoms with Crippen LogP contribution in [0.15, 0.2) is 90.5 Å². The Morgan fingerprint density at radius 1 is 0.909 bits per heavy atom. The van der Waals surface area contributed by atoms with E-state index in [1.807, 2.05) is 20.8 Å². The molecule has 230 valence electrons. The van der Waals surface area contributed by atoms with Crippen molar-refractivity contribution in [2.24, 2.45) is 5.41 Å². The number of esters is 1. The van der Waals surface area contributed by atoms with Gasteiger partial charge in [0, 0.05) is 43.0 Å². The van der Waals surface area contributed by atoms with E-state index in [2.05, 4.69) is 128 Å². The van der Waals surface area contributed by atoms with Gasteiger partial charge < -0.3 is 15.0 Å². The van der Waals surface area contributed by atoms with Gasteiger partial charge in [-0.2, -0.15) is 0 Å². The summed E-state index contributed by atoms with van der Waals surface area (Å²) in [5, 5.41) is 6.20. The number of anilines is 2. The minimum Gasteiger partial charge on any atom is -0.460 e. The van der Waals surface area contributed by atoms with E-state index in [4.69, 9.17) is 4.74 Å². The number of carbonyl (C=O) groups excluding carboxylic acids is 1. The van der Waals surface area contributed by atoms with Gasteiger partial charge in [-0.1, -0.05) is 55.8 Å². The number of allylic oxidation sites excluding steroid dienone is 5. The van der Waals surface area contributed by atoms with Crippen molar-refractivity contribution < 1.29 is 14.1 Å². The lowest BCUT2D eigenvalue weighted by molar-refractivity contribution is -0.462. The van der Waals surface area contributed by atoms with E-state index in [9.17, 15) is 4.79 Å². The normalized spacial score (nSPS) is 18.3. The van der Waals surface area contributed by atoms with Crippen molar-refractivity contribution in [1.29, 1.82) is 0 Å². The fraction of sp³-hybridized carbons (Fsp3) is 0.385. The zero-order valence-electron chi connectivity index (χ0n) is 27.5. The fourth-order valence-corrected chi connectivity index (χ4v) is 6.02. The first-order valence-electron chi connectivity index (χ1n) is 16.0. The number of hydrogen-bond acceptors (Lipinski definition) is 4. The van der Waals surface area contributed by atoms with Gasteiger partial charge in [-0.25, -0.2) is 4.58 Å². The summed E-state index contributed by atoms with van der Waals surface area (Å²) in [7, 11) is 8.28. The molecule has 0 aromatic heterocycles. The van der Waals surface area contributed by atoms with E-state index in [1.165, 1.54) is 44.4 Å². The van der Waals surface area contributed by atoms with Crippen LogP contribution in [0.2, 0.25) is 0 Å². The number of nitrogens with zero attached hydrogens (tertiary/aromatic N) is 2. The van der Waals surface area contributed by atoms with Crippen LogP contribution in [0.4, 0.5) is 11.4 Å². The highest BCUT2D eigenvalue weighted by atomic mass is 16.5. The maximum atomic E-state index is 13.0. The lowest BCUT2D eigenvalue weighted by Crippen LogP contribution is -2.42. The number of ether oxygens (including phenoxy) is 1. The standard InChI is InChI=1S/C39H47N3O2/c1-8-39(2,3)38(43)44-36-16-12-11-15-35(36)40-34-26-25-33(31-13-9-10-14-32(31)34)37(27-17-21-29(22-18-27)41(4)5)28-19-23-30(24-20-28)42(6)7/h9-10,13-14,17-26,35-36H,8,11-12,15-16H2,1-7H3/p+1. The van der Waals surface area contributed by atoms with E-state index in [-0.39, 0.29) is 18.1 Å². The van der Waals surface area contributed by atoms with E-state index in [0.29, 0.717) is 0 Å². The molecular formula is C39H48N3O2+. The molecule has 0 spiro atoms. The molecule has 5 rings (SSSR count). The number of nitrogens with one attached hydrogen (secondary N) is 1. The smallest absolute Gasteiger partial charge is 0.311 e. The maximum absolute atomic E-state index is 13.0. The van der Waals surface area contributed by atoms with Gasteiger partial charge in [0.05, 0.1) is 11.5 Å². The van der Waals surface area contributed by atoms with Gasteiger partial charge in [0.15, 0.2) is 5.71 Å². The number of hydrogen-bond donors (Lipinski definition) is 1. The predicted octanol–water partition coefficient (Wildman–Crippen LogP) is 8.25. The van der Waals surface area contributed by atoms with Crippen molar-refractivity contribution in [3.8, 4) is 0 Å². The maximum Gasteiger partial charge on any atom is 0.311 e. The van der Waals surface area contributed by atoms with Crippen LogP contribution in [0.5, 0.6) is 0 Å². The van der Waals surface area contributed by atoms with E-state index in [0.717, 1.165) is 37.8 Å². The number of fused-ring (bicyclic) bond motifs is 1. The Labute approximate surface area is 263 Å². The average molecular weight is 591 g/mol. The highest BCUT2D eigenvalue weighted by Crippen LogP contribution is 2.38. The van der Waals surface area contributed by atoms with Gasteiger partial charge in [0.1, 0.15) is 20.2 Å². The Morgan fingerprint density at radius 2 is 1.57 bits per heavy atom. The van der Waals surface area contributed by atoms with Gasteiger partial charge >= 0.3 is 5.97 Å². The lowest BCUT2D eigenvalue weighted by Gasteiger charge is -2.35. The van der Waals surface area contributed by atoms with Crippen LogP contribution >= 0.6 is 0 Å². The van der Waals surface area contributed by atoms with Crippen molar-refractivity contribution in [2.75, 3.05) is 38.4 Å². The second-order valence-corrected chi connectivity index (χ2v) is 13.2. The molecule has 0 amide bonds. The molecule has 1 N–H and O–H groups in total. The van der Waals surface area contributed by atoms with Gasteiger partial charge in [-0.3, -0.25) is 4.79 Å². The van der Waals surface area contributed by atoms with Crippen LogP contribution in [-0.4, -0.2) is 56.6 Å². The van der Waals surface area contributed by atoms with Crippen molar-refractivity contribution in [3.63, 3.8) is 0 Å². The average Bonchev–Trinajstić information content (AvgIpc) is 3.03. The SMILES string of the molecule is CCC(C)(C)C(=O)OC1CCCCC1Nc1ccc(C(=C2C=CC(=[N+](C)C)C=C2)c2ccc(N(C)C)cc2)c2ccccc12. The summed E-state index contributed by atoms with van der Waals surface area (Å²) in [5.74, 6) is -0.0984. The van der Waals surface area contributed by atoms with Crippen LogP contribution in [0, 0.1) is 5.41 Å². The van der Waals surface area contributed by atoms with E-state index >= 15 is 0 Å². The molecule has 2 aliphatic carbocycles. The number of benzene rings is 3. The predicted molar refractivity (Wildman–Crippen MR) is 186 cm³/mol. The molecule has 0 heterocycles. The Balaban J connectivity index is 1.57. The Morgan fingerprint density at radius 3 is 2.20 bits per heavy atom. The van der Waals surface area contributed by atoms with E-state index < -0.39 is 5.41 Å². The largest absolute Gasteiger partial charge is 0.460 e. The Bertz CT molecular complexity index is 1620. The molecule has 0 aliphatic heterocycles. The second kappa shape index (κ2) is 13.3. The molecular weight excluding hydrogens is 542 g/mol. The molecule has 0 saturated heterocycles. The molecule has 2 atom stereocenters. The lowest BCUT2D eigenvalue weighted by atomic mass is 9.87. The minimum absolute atomic E-state index is 0.0789. The van der Waals surface area contributed by atoms with Gasteiger partial charge in [0.25, 0.3) is 0 Å². The zero-order chi connectivity index (χ0) is 31.4. The molecule has 5 nitrogen and oxygen atoms in total. The summed E-state index contributed by atoms with van der Waals surface area (Å²) in [5.41, 5.74) is 7.70. The van der Waals surface area contributed by atoms with E-state index in [1.54, 1.807) is 0 Å². The van der Waals surface area contributed by atoms with Crippen molar-refractivity contribution in [1.82, 2.24) is 0 Å². The summed E-state index contributed by atoms with van der Waals surface area (Å²) in [6, 6.07) is 22.0. The molecule has 2 aliphatic rings. The van der Waals surface area contributed by atoms with Gasteiger partial charge in [-0.05, 0) is 97.5 Å². The minimum atomic E-state index is -0.474.